The van der Waals surface area contributed by atoms with E-state index in [9.17, 15) is 4.79 Å². The lowest BCUT2D eigenvalue weighted by molar-refractivity contribution is -0.128. The number of aromatic nitrogens is 2. The molecule has 1 fully saturated rings. The smallest absolute Gasteiger partial charge is 0.225 e. The van der Waals surface area contributed by atoms with Crippen LogP contribution < -0.4 is 5.32 Å². The second-order valence-corrected chi connectivity index (χ2v) is 8.11. The van der Waals surface area contributed by atoms with Crippen LogP contribution in [0, 0.1) is 11.3 Å². The van der Waals surface area contributed by atoms with Crippen molar-refractivity contribution in [3.05, 3.63) is 30.1 Å². The van der Waals surface area contributed by atoms with Gasteiger partial charge in [-0.3, -0.25) is 9.69 Å². The van der Waals surface area contributed by atoms with Crippen LogP contribution in [0.4, 0.5) is 0 Å². The SMILES string of the molecule is CCn1c(CN2CC[C@H](CNC(=O)C(C)(C)C)C2)nc2ccccc21. The van der Waals surface area contributed by atoms with Crippen molar-refractivity contribution >= 4 is 16.9 Å². The maximum absolute atomic E-state index is 12.0. The summed E-state index contributed by atoms with van der Waals surface area (Å²) in [6.07, 6.45) is 1.14. The van der Waals surface area contributed by atoms with Crippen LogP contribution in [0.3, 0.4) is 0 Å². The minimum absolute atomic E-state index is 0.138. The molecule has 0 bridgehead atoms. The molecule has 5 heteroatoms. The zero-order valence-electron chi connectivity index (χ0n) is 15.9. The highest BCUT2D eigenvalue weighted by molar-refractivity contribution is 5.81. The van der Waals surface area contributed by atoms with Gasteiger partial charge in [-0.15, -0.1) is 0 Å². The van der Waals surface area contributed by atoms with E-state index < -0.39 is 0 Å². The summed E-state index contributed by atoms with van der Waals surface area (Å²) in [5, 5.41) is 3.11. The fraction of sp³-hybridized carbons (Fsp3) is 0.600. The predicted molar refractivity (Wildman–Crippen MR) is 101 cm³/mol. The normalized spacial score (nSPS) is 18.8. The molecule has 0 unspecified atom stereocenters. The fourth-order valence-corrected chi connectivity index (χ4v) is 3.52. The highest BCUT2D eigenvalue weighted by Gasteiger charge is 2.26. The Morgan fingerprint density at radius 1 is 1.32 bits per heavy atom. The first-order valence-electron chi connectivity index (χ1n) is 9.33. The van der Waals surface area contributed by atoms with Crippen LogP contribution in [0.1, 0.15) is 39.9 Å². The molecule has 1 aliphatic rings. The molecule has 1 aromatic heterocycles. The van der Waals surface area contributed by atoms with E-state index in [0.29, 0.717) is 5.92 Å². The lowest BCUT2D eigenvalue weighted by atomic mass is 9.95. The van der Waals surface area contributed by atoms with Crippen molar-refractivity contribution in [1.82, 2.24) is 19.8 Å². The average Bonchev–Trinajstić information content (AvgIpc) is 3.15. The van der Waals surface area contributed by atoms with Gasteiger partial charge >= 0.3 is 0 Å². The van der Waals surface area contributed by atoms with Gasteiger partial charge in [0.2, 0.25) is 5.91 Å². The van der Waals surface area contributed by atoms with E-state index in [1.165, 1.54) is 5.52 Å². The molecule has 0 radical (unpaired) electrons. The predicted octanol–water partition coefficient (Wildman–Crippen LogP) is 3.04. The number of benzene rings is 1. The summed E-state index contributed by atoms with van der Waals surface area (Å²) in [6, 6.07) is 8.34. The van der Waals surface area contributed by atoms with E-state index >= 15 is 0 Å². The van der Waals surface area contributed by atoms with E-state index in [4.69, 9.17) is 4.98 Å². The largest absolute Gasteiger partial charge is 0.355 e. The van der Waals surface area contributed by atoms with E-state index in [2.05, 4.69) is 39.9 Å². The van der Waals surface area contributed by atoms with Crippen LogP contribution in [-0.4, -0.2) is 40.0 Å². The van der Waals surface area contributed by atoms with Crippen molar-refractivity contribution in [2.75, 3.05) is 19.6 Å². The maximum atomic E-state index is 12.0. The lowest BCUT2D eigenvalue weighted by Crippen LogP contribution is -2.38. The Morgan fingerprint density at radius 2 is 2.08 bits per heavy atom. The van der Waals surface area contributed by atoms with Gasteiger partial charge in [0.15, 0.2) is 0 Å². The summed E-state index contributed by atoms with van der Waals surface area (Å²) >= 11 is 0. The number of amides is 1. The highest BCUT2D eigenvalue weighted by atomic mass is 16.2. The van der Waals surface area contributed by atoms with Crippen LogP contribution >= 0.6 is 0 Å². The number of carbonyl (C=O) groups excluding carboxylic acids is 1. The third-order valence-corrected chi connectivity index (χ3v) is 5.02. The van der Waals surface area contributed by atoms with Crippen molar-refractivity contribution in [3.8, 4) is 0 Å². The van der Waals surface area contributed by atoms with Crippen molar-refractivity contribution in [2.24, 2.45) is 11.3 Å². The molecular weight excluding hydrogens is 312 g/mol. The van der Waals surface area contributed by atoms with Crippen molar-refractivity contribution in [1.29, 1.82) is 0 Å². The number of para-hydroxylation sites is 2. The first-order valence-corrected chi connectivity index (χ1v) is 9.33. The molecule has 0 saturated carbocycles. The second-order valence-electron chi connectivity index (χ2n) is 8.11. The molecule has 0 aliphatic carbocycles. The minimum atomic E-state index is -0.315. The number of carbonyl (C=O) groups is 1. The van der Waals surface area contributed by atoms with Gasteiger partial charge in [-0.05, 0) is 37.9 Å². The van der Waals surface area contributed by atoms with Crippen LogP contribution in [0.2, 0.25) is 0 Å². The number of nitrogens with zero attached hydrogens (tertiary/aromatic N) is 3. The fourth-order valence-electron chi connectivity index (χ4n) is 3.52. The third kappa shape index (κ3) is 4.03. The molecule has 25 heavy (non-hydrogen) atoms. The summed E-state index contributed by atoms with van der Waals surface area (Å²) in [5.41, 5.74) is 1.98. The number of fused-ring (bicyclic) bond motifs is 1. The van der Waals surface area contributed by atoms with Gasteiger partial charge < -0.3 is 9.88 Å². The zero-order valence-corrected chi connectivity index (χ0v) is 15.9. The second kappa shape index (κ2) is 7.16. The number of likely N-dealkylation sites (tertiary alicyclic amines) is 1. The Hall–Kier alpha value is -1.88. The molecule has 3 rings (SSSR count). The molecule has 1 atom stereocenters. The Labute approximate surface area is 150 Å². The van der Waals surface area contributed by atoms with Crippen LogP contribution in [0.15, 0.2) is 24.3 Å². The van der Waals surface area contributed by atoms with Gasteiger partial charge in [-0.2, -0.15) is 0 Å². The van der Waals surface area contributed by atoms with Crippen molar-refractivity contribution < 1.29 is 4.79 Å². The first kappa shape index (κ1) is 17.9. The maximum Gasteiger partial charge on any atom is 0.225 e. The van der Waals surface area contributed by atoms with Crippen LogP contribution in [-0.2, 0) is 17.9 Å². The van der Waals surface area contributed by atoms with Gasteiger partial charge in [-0.25, -0.2) is 4.98 Å². The topological polar surface area (TPSA) is 50.2 Å². The van der Waals surface area contributed by atoms with Crippen LogP contribution in [0.25, 0.3) is 11.0 Å². The first-order chi connectivity index (χ1) is 11.9. The summed E-state index contributed by atoms with van der Waals surface area (Å²) in [5.74, 6) is 1.81. The zero-order chi connectivity index (χ0) is 18.0. The molecule has 1 saturated heterocycles. The van der Waals surface area contributed by atoms with Gasteiger partial charge in [0, 0.05) is 25.0 Å². The molecule has 1 aromatic carbocycles. The number of hydrogen-bond acceptors (Lipinski definition) is 3. The van der Waals surface area contributed by atoms with E-state index in [1.54, 1.807) is 0 Å². The van der Waals surface area contributed by atoms with Gasteiger partial charge in [0.05, 0.1) is 17.6 Å². The van der Waals surface area contributed by atoms with Gasteiger partial charge in [0.1, 0.15) is 5.82 Å². The van der Waals surface area contributed by atoms with Gasteiger partial charge in [-0.1, -0.05) is 32.9 Å². The monoisotopic (exact) mass is 342 g/mol. The van der Waals surface area contributed by atoms with Crippen molar-refractivity contribution in [2.45, 2.75) is 47.2 Å². The van der Waals surface area contributed by atoms with E-state index in [0.717, 1.165) is 50.5 Å². The number of rotatable bonds is 5. The third-order valence-electron chi connectivity index (χ3n) is 5.02. The van der Waals surface area contributed by atoms with E-state index in [-0.39, 0.29) is 11.3 Å². The van der Waals surface area contributed by atoms with Crippen LogP contribution in [0.5, 0.6) is 0 Å². The average molecular weight is 342 g/mol. The molecule has 1 aliphatic heterocycles. The Kier molecular flexibility index (Phi) is 5.13. The van der Waals surface area contributed by atoms with Crippen molar-refractivity contribution in [3.63, 3.8) is 0 Å². The number of nitrogens with one attached hydrogen (secondary N) is 1. The minimum Gasteiger partial charge on any atom is -0.355 e. The Bertz CT molecular complexity index is 744. The molecule has 1 N–H and O–H groups in total. The highest BCUT2D eigenvalue weighted by Crippen LogP contribution is 2.22. The van der Waals surface area contributed by atoms with E-state index in [1.807, 2.05) is 26.8 Å². The molecule has 2 heterocycles. The summed E-state index contributed by atoms with van der Waals surface area (Å²) in [7, 11) is 0. The van der Waals surface area contributed by atoms with Gasteiger partial charge in [0.25, 0.3) is 0 Å². The molecule has 0 spiro atoms. The summed E-state index contributed by atoms with van der Waals surface area (Å²) in [4.78, 5) is 19.3. The standard InChI is InChI=1S/C20H30N4O/c1-5-24-17-9-7-6-8-16(17)22-18(24)14-23-11-10-15(13-23)12-21-19(25)20(2,3)4/h6-9,15H,5,10-14H2,1-4H3,(H,21,25)/t15-/m1/s1. The number of aryl methyl sites for hydroxylation is 1. The number of hydrogen-bond donors (Lipinski definition) is 1. The number of imidazole rings is 1. The quantitative estimate of drug-likeness (QED) is 0.909. The molecular formula is C20H30N4O. The Balaban J connectivity index is 1.59. The molecule has 5 nitrogen and oxygen atoms in total. The lowest BCUT2D eigenvalue weighted by Gasteiger charge is -2.20. The summed E-state index contributed by atoms with van der Waals surface area (Å²) < 4.78 is 2.31. The Morgan fingerprint density at radius 3 is 2.80 bits per heavy atom. The molecule has 136 valence electrons. The summed E-state index contributed by atoms with van der Waals surface area (Å²) in [6.45, 7) is 12.7. The molecule has 1 amide bonds. The molecule has 2 aromatic rings.